The van der Waals surface area contributed by atoms with E-state index in [-0.39, 0.29) is 10.7 Å². The zero-order valence-corrected chi connectivity index (χ0v) is 18.8. The lowest BCUT2D eigenvalue weighted by Crippen LogP contribution is -2.56. The first-order valence-electron chi connectivity index (χ1n) is 11.0. The van der Waals surface area contributed by atoms with Crippen molar-refractivity contribution in [3.8, 4) is 0 Å². The van der Waals surface area contributed by atoms with Crippen LogP contribution in [0.4, 0.5) is 0 Å². The third-order valence-electron chi connectivity index (χ3n) is 6.49. The molecular weight excluding hydrogens is 364 g/mol. The molecule has 1 aromatic rings. The average molecular weight is 401 g/mol. The molecule has 0 amide bonds. The molecular formula is C23H36N4S. The van der Waals surface area contributed by atoms with E-state index in [2.05, 4.69) is 71.4 Å². The zero-order valence-electron chi connectivity index (χ0n) is 18.0. The predicted molar refractivity (Wildman–Crippen MR) is 122 cm³/mol. The molecule has 154 valence electrons. The van der Waals surface area contributed by atoms with Gasteiger partial charge in [-0.05, 0) is 54.7 Å². The highest BCUT2D eigenvalue weighted by atomic mass is 32.2. The van der Waals surface area contributed by atoms with E-state index in [0.29, 0.717) is 5.92 Å². The number of hydrogen-bond acceptors (Lipinski definition) is 4. The molecule has 5 heteroatoms. The normalized spacial score (nSPS) is 27.2. The number of piperazine rings is 1. The van der Waals surface area contributed by atoms with Crippen LogP contribution in [0.1, 0.15) is 52.0 Å². The van der Waals surface area contributed by atoms with Gasteiger partial charge in [0.2, 0.25) is 5.96 Å². The molecule has 0 radical (unpaired) electrons. The van der Waals surface area contributed by atoms with Crippen LogP contribution in [0.3, 0.4) is 0 Å². The topological polar surface area (TPSA) is 22.1 Å². The van der Waals surface area contributed by atoms with Gasteiger partial charge in [0.05, 0.1) is 13.1 Å². The molecule has 3 aliphatic rings. The van der Waals surface area contributed by atoms with Crippen LogP contribution in [0.5, 0.6) is 0 Å². The molecule has 1 saturated heterocycles. The van der Waals surface area contributed by atoms with Gasteiger partial charge >= 0.3 is 0 Å². The van der Waals surface area contributed by atoms with Gasteiger partial charge in [-0.3, -0.25) is 14.2 Å². The zero-order chi connectivity index (χ0) is 19.7. The highest BCUT2D eigenvalue weighted by Gasteiger charge is 2.34. The Morgan fingerprint density at radius 3 is 2.29 bits per heavy atom. The summed E-state index contributed by atoms with van der Waals surface area (Å²) in [5, 5.41) is 2.36. The third kappa shape index (κ3) is 4.02. The first-order valence-corrected chi connectivity index (χ1v) is 12.2. The second kappa shape index (κ2) is 8.58. The van der Waals surface area contributed by atoms with Crippen LogP contribution in [-0.2, 0) is 0 Å². The second-order valence-corrected chi connectivity index (χ2v) is 10.8. The van der Waals surface area contributed by atoms with Crippen molar-refractivity contribution in [1.29, 1.82) is 0 Å². The molecule has 1 unspecified atom stereocenters. The summed E-state index contributed by atoms with van der Waals surface area (Å²) in [7, 11) is -0.0139. The second-order valence-electron chi connectivity index (χ2n) is 8.81. The lowest BCUT2D eigenvalue weighted by atomic mass is 9.80. The molecule has 1 aliphatic carbocycles. The largest absolute Gasteiger partial charge is 0.340 e. The molecule has 1 aromatic carbocycles. The average Bonchev–Trinajstić information content (AvgIpc) is 3.16. The van der Waals surface area contributed by atoms with Gasteiger partial charge in [-0.1, -0.05) is 43.6 Å². The van der Waals surface area contributed by atoms with Crippen molar-refractivity contribution < 1.29 is 0 Å². The SMILES string of the molecule is C/C=S(\c1ccc(C(C)C)cc1)N1CCN=C1N1CCN(C2CC(C)C2)CC1. The van der Waals surface area contributed by atoms with Crippen molar-refractivity contribution in [3.63, 3.8) is 0 Å². The van der Waals surface area contributed by atoms with Crippen molar-refractivity contribution in [1.82, 2.24) is 14.1 Å². The summed E-state index contributed by atoms with van der Waals surface area (Å²) in [6.45, 7) is 15.7. The molecule has 4 rings (SSSR count). The van der Waals surface area contributed by atoms with E-state index in [1.165, 1.54) is 42.3 Å². The molecule has 2 fully saturated rings. The summed E-state index contributed by atoms with van der Waals surface area (Å²) in [4.78, 5) is 11.6. The van der Waals surface area contributed by atoms with Gasteiger partial charge in [-0.15, -0.1) is 0 Å². The Kier molecular flexibility index (Phi) is 6.12. The molecule has 1 atom stereocenters. The van der Waals surface area contributed by atoms with Gasteiger partial charge in [0.1, 0.15) is 0 Å². The van der Waals surface area contributed by atoms with E-state index in [0.717, 1.165) is 38.1 Å². The molecule has 0 N–H and O–H groups in total. The molecule has 0 bridgehead atoms. The fraction of sp³-hybridized carbons (Fsp3) is 0.652. The van der Waals surface area contributed by atoms with E-state index in [1.807, 2.05) is 0 Å². The first kappa shape index (κ1) is 20.0. The maximum Gasteiger partial charge on any atom is 0.206 e. The fourth-order valence-corrected chi connectivity index (χ4v) is 6.52. The Balaban J connectivity index is 1.42. The van der Waals surface area contributed by atoms with Crippen LogP contribution in [-0.4, -0.2) is 70.7 Å². The number of guanidine groups is 1. The summed E-state index contributed by atoms with van der Waals surface area (Å²) in [5.74, 6) is 2.75. The Hall–Kier alpha value is -1.33. The maximum atomic E-state index is 4.93. The maximum absolute atomic E-state index is 4.93. The molecule has 2 heterocycles. The predicted octanol–water partition coefficient (Wildman–Crippen LogP) is 4.26. The molecule has 28 heavy (non-hydrogen) atoms. The van der Waals surface area contributed by atoms with E-state index in [1.54, 1.807) is 0 Å². The van der Waals surface area contributed by atoms with Gasteiger partial charge in [-0.2, -0.15) is 0 Å². The number of benzene rings is 1. The van der Waals surface area contributed by atoms with Crippen molar-refractivity contribution in [2.24, 2.45) is 10.9 Å². The van der Waals surface area contributed by atoms with Gasteiger partial charge in [-0.25, -0.2) is 0 Å². The molecule has 0 aromatic heterocycles. The fourth-order valence-electron chi connectivity index (χ4n) is 4.69. The van der Waals surface area contributed by atoms with Crippen molar-refractivity contribution in [3.05, 3.63) is 29.8 Å². The lowest BCUT2D eigenvalue weighted by molar-refractivity contribution is 0.0542. The van der Waals surface area contributed by atoms with Crippen molar-refractivity contribution in [2.45, 2.75) is 57.4 Å². The van der Waals surface area contributed by atoms with Gasteiger partial charge in [0.25, 0.3) is 0 Å². The first-order chi connectivity index (χ1) is 13.6. The third-order valence-corrected chi connectivity index (χ3v) is 8.51. The van der Waals surface area contributed by atoms with Crippen LogP contribution >= 0.6 is 10.7 Å². The number of hydrogen-bond donors (Lipinski definition) is 0. The quantitative estimate of drug-likeness (QED) is 0.705. The van der Waals surface area contributed by atoms with Crippen LogP contribution < -0.4 is 0 Å². The summed E-state index contributed by atoms with van der Waals surface area (Å²) in [5.41, 5.74) is 1.42. The van der Waals surface area contributed by atoms with Crippen LogP contribution in [0.2, 0.25) is 0 Å². The molecule has 0 spiro atoms. The van der Waals surface area contributed by atoms with E-state index >= 15 is 0 Å². The molecule has 4 nitrogen and oxygen atoms in total. The van der Waals surface area contributed by atoms with E-state index < -0.39 is 0 Å². The number of aliphatic imine (C=N–C) groups is 1. The number of rotatable bonds is 4. The monoisotopic (exact) mass is 400 g/mol. The Morgan fingerprint density at radius 1 is 1.04 bits per heavy atom. The molecule has 1 saturated carbocycles. The van der Waals surface area contributed by atoms with Gasteiger partial charge in [0.15, 0.2) is 0 Å². The Labute approximate surface area is 173 Å². The summed E-state index contributed by atoms with van der Waals surface area (Å²) < 4.78 is 2.55. The number of nitrogens with zero attached hydrogens (tertiary/aromatic N) is 4. The molecule has 2 aliphatic heterocycles. The minimum Gasteiger partial charge on any atom is -0.340 e. The highest BCUT2D eigenvalue weighted by Crippen LogP contribution is 2.35. The van der Waals surface area contributed by atoms with Crippen LogP contribution in [0.15, 0.2) is 34.2 Å². The van der Waals surface area contributed by atoms with Gasteiger partial charge < -0.3 is 4.90 Å². The van der Waals surface area contributed by atoms with E-state index in [9.17, 15) is 0 Å². The Morgan fingerprint density at radius 2 is 1.71 bits per heavy atom. The Bertz CT molecular complexity index is 725. The van der Waals surface area contributed by atoms with Crippen molar-refractivity contribution in [2.75, 3.05) is 39.3 Å². The minimum absolute atomic E-state index is 0.0139. The van der Waals surface area contributed by atoms with Gasteiger partial charge in [0, 0.05) is 37.1 Å². The van der Waals surface area contributed by atoms with Crippen LogP contribution in [0, 0.1) is 5.92 Å². The standard InChI is InChI=1S/C23H36N4S/c1-5-28(22-8-6-20(7-9-22)18(2)3)27-11-10-24-23(27)26-14-12-25(13-15-26)21-16-19(4)17-21/h5-9,18-19,21H,10-17H2,1-4H3. The highest BCUT2D eigenvalue weighted by molar-refractivity contribution is 8.13. The lowest BCUT2D eigenvalue weighted by Gasteiger charge is -2.46. The summed E-state index contributed by atoms with van der Waals surface area (Å²) in [6.07, 6.45) is 2.79. The summed E-state index contributed by atoms with van der Waals surface area (Å²) >= 11 is 0. The minimum atomic E-state index is -0.0139. The van der Waals surface area contributed by atoms with Crippen LogP contribution in [0.25, 0.3) is 0 Å². The van der Waals surface area contributed by atoms with E-state index in [4.69, 9.17) is 4.99 Å². The summed E-state index contributed by atoms with van der Waals surface area (Å²) in [6, 6.07) is 10.1. The smallest absolute Gasteiger partial charge is 0.206 e. The van der Waals surface area contributed by atoms with Crippen molar-refractivity contribution >= 4 is 22.0 Å².